The third-order valence-corrected chi connectivity index (χ3v) is 5.32. The molecule has 0 saturated heterocycles. The van der Waals surface area contributed by atoms with E-state index in [0.717, 1.165) is 27.5 Å². The van der Waals surface area contributed by atoms with Crippen LogP contribution in [0.15, 0.2) is 48.7 Å². The van der Waals surface area contributed by atoms with Gasteiger partial charge < -0.3 is 4.90 Å². The Morgan fingerprint density at radius 2 is 1.82 bits per heavy atom. The molecule has 2 aromatic carbocycles. The molecule has 1 heterocycles. The summed E-state index contributed by atoms with van der Waals surface area (Å²) in [4.78, 5) is 14.9. The van der Waals surface area contributed by atoms with Crippen LogP contribution in [0.25, 0.3) is 5.69 Å². The number of aromatic nitrogens is 2. The smallest absolute Gasteiger partial charge is 0.257 e. The van der Waals surface area contributed by atoms with Crippen molar-refractivity contribution < 1.29 is 4.79 Å². The topological polar surface area (TPSA) is 38.1 Å². The molecule has 28 heavy (non-hydrogen) atoms. The van der Waals surface area contributed by atoms with Gasteiger partial charge in [-0.3, -0.25) is 4.79 Å². The highest BCUT2D eigenvalue weighted by molar-refractivity contribution is 6.31. The third kappa shape index (κ3) is 4.23. The van der Waals surface area contributed by atoms with Crippen LogP contribution in [0.4, 0.5) is 0 Å². The number of nitrogens with zero attached hydrogens (tertiary/aromatic N) is 3. The van der Waals surface area contributed by atoms with Crippen LogP contribution < -0.4 is 0 Å². The zero-order chi connectivity index (χ0) is 20.4. The summed E-state index contributed by atoms with van der Waals surface area (Å²) in [6.45, 7) is 6.58. The molecule has 0 aliphatic rings. The molecule has 0 fully saturated rings. The van der Waals surface area contributed by atoms with E-state index < -0.39 is 0 Å². The van der Waals surface area contributed by atoms with E-state index in [1.165, 1.54) is 0 Å². The van der Waals surface area contributed by atoms with Gasteiger partial charge in [0.1, 0.15) is 0 Å². The third-order valence-electron chi connectivity index (χ3n) is 4.64. The van der Waals surface area contributed by atoms with E-state index in [1.807, 2.05) is 54.1 Å². The predicted molar refractivity (Wildman–Crippen MR) is 115 cm³/mol. The zero-order valence-corrected chi connectivity index (χ0v) is 17.9. The number of hydrogen-bond acceptors (Lipinski definition) is 2. The Morgan fingerprint density at radius 3 is 2.43 bits per heavy atom. The molecule has 6 heteroatoms. The van der Waals surface area contributed by atoms with Gasteiger partial charge in [0.25, 0.3) is 5.91 Å². The number of hydrogen-bond donors (Lipinski definition) is 0. The highest BCUT2D eigenvalue weighted by Gasteiger charge is 2.23. The van der Waals surface area contributed by atoms with E-state index in [2.05, 4.69) is 18.9 Å². The molecule has 1 amide bonds. The molecule has 3 rings (SSSR count). The highest BCUT2D eigenvalue weighted by atomic mass is 35.5. The molecule has 0 atom stereocenters. The first-order chi connectivity index (χ1) is 13.3. The van der Waals surface area contributed by atoms with Crippen LogP contribution in [0.3, 0.4) is 0 Å². The molecule has 1 aromatic heterocycles. The summed E-state index contributed by atoms with van der Waals surface area (Å²) in [6.07, 6.45) is 1.65. The normalized spacial score (nSPS) is 11.1. The average molecular weight is 416 g/mol. The van der Waals surface area contributed by atoms with E-state index in [9.17, 15) is 4.79 Å². The first-order valence-electron chi connectivity index (χ1n) is 9.12. The van der Waals surface area contributed by atoms with Gasteiger partial charge in [-0.25, -0.2) is 4.68 Å². The predicted octanol–water partition coefficient (Wildman–Crippen LogP) is 5.88. The minimum absolute atomic E-state index is 0.0588. The second-order valence-electron chi connectivity index (χ2n) is 7.23. The maximum atomic E-state index is 13.2. The number of rotatable bonds is 5. The van der Waals surface area contributed by atoms with Crippen LogP contribution in [0.5, 0.6) is 0 Å². The molecule has 0 aliphatic carbocycles. The Bertz CT molecular complexity index is 994. The average Bonchev–Trinajstić information content (AvgIpc) is 3.10. The van der Waals surface area contributed by atoms with Gasteiger partial charge in [0.15, 0.2) is 0 Å². The van der Waals surface area contributed by atoms with Crippen LogP contribution in [-0.4, -0.2) is 27.6 Å². The SMILES string of the molecule is Cc1cc(CN(C)C(=O)c2cnn(-c3ccc(Cl)cc3)c2C(C)C)ccc1Cl. The van der Waals surface area contributed by atoms with Crippen molar-refractivity contribution in [2.24, 2.45) is 0 Å². The van der Waals surface area contributed by atoms with Crippen molar-refractivity contribution in [1.82, 2.24) is 14.7 Å². The second-order valence-corrected chi connectivity index (χ2v) is 8.07. The molecular formula is C22H23Cl2N3O. The van der Waals surface area contributed by atoms with E-state index in [4.69, 9.17) is 23.2 Å². The standard InChI is InChI=1S/C22H23Cl2N3O/c1-14(2)21-19(12-25-27(21)18-8-6-17(23)7-9-18)22(28)26(4)13-16-5-10-20(24)15(3)11-16/h5-12,14H,13H2,1-4H3. The van der Waals surface area contributed by atoms with Crippen LogP contribution in [0, 0.1) is 6.92 Å². The van der Waals surface area contributed by atoms with Crippen LogP contribution in [0.2, 0.25) is 10.0 Å². The van der Waals surface area contributed by atoms with Gasteiger partial charge in [0, 0.05) is 23.6 Å². The number of carbonyl (C=O) groups excluding carboxylic acids is 1. The second kappa shape index (κ2) is 8.38. The minimum Gasteiger partial charge on any atom is -0.337 e. The van der Waals surface area contributed by atoms with Crippen LogP contribution in [0.1, 0.15) is 46.9 Å². The van der Waals surface area contributed by atoms with Gasteiger partial charge >= 0.3 is 0 Å². The Morgan fingerprint density at radius 1 is 1.14 bits per heavy atom. The Labute approximate surface area is 175 Å². The number of halogens is 2. The van der Waals surface area contributed by atoms with Gasteiger partial charge in [-0.05, 0) is 54.3 Å². The quantitative estimate of drug-likeness (QED) is 0.521. The van der Waals surface area contributed by atoms with Gasteiger partial charge in [-0.2, -0.15) is 5.10 Å². The van der Waals surface area contributed by atoms with Crippen molar-refractivity contribution in [3.05, 3.63) is 81.1 Å². The summed E-state index contributed by atoms with van der Waals surface area (Å²) >= 11 is 12.1. The summed E-state index contributed by atoms with van der Waals surface area (Å²) < 4.78 is 1.81. The van der Waals surface area contributed by atoms with Crippen molar-refractivity contribution in [2.75, 3.05) is 7.05 Å². The molecule has 0 unspecified atom stereocenters. The molecule has 4 nitrogen and oxygen atoms in total. The summed E-state index contributed by atoms with van der Waals surface area (Å²) in [5, 5.41) is 5.87. The van der Waals surface area contributed by atoms with Crippen molar-refractivity contribution in [3.63, 3.8) is 0 Å². The monoisotopic (exact) mass is 415 g/mol. The van der Waals surface area contributed by atoms with Crippen molar-refractivity contribution in [1.29, 1.82) is 0 Å². The van der Waals surface area contributed by atoms with Gasteiger partial charge in [0.05, 0.1) is 23.1 Å². The van der Waals surface area contributed by atoms with Gasteiger partial charge in [0.2, 0.25) is 0 Å². The molecule has 3 aromatic rings. The van der Waals surface area contributed by atoms with Gasteiger partial charge in [-0.15, -0.1) is 0 Å². The molecule has 0 bridgehead atoms. The lowest BCUT2D eigenvalue weighted by molar-refractivity contribution is 0.0783. The van der Waals surface area contributed by atoms with E-state index in [-0.39, 0.29) is 11.8 Å². The molecule has 146 valence electrons. The number of benzene rings is 2. The molecule has 0 saturated carbocycles. The summed E-state index contributed by atoms with van der Waals surface area (Å²) in [6, 6.07) is 13.2. The van der Waals surface area contributed by atoms with Crippen LogP contribution >= 0.6 is 23.2 Å². The van der Waals surface area contributed by atoms with Crippen molar-refractivity contribution in [2.45, 2.75) is 33.2 Å². The highest BCUT2D eigenvalue weighted by Crippen LogP contribution is 2.25. The molecular weight excluding hydrogens is 393 g/mol. The largest absolute Gasteiger partial charge is 0.337 e. The number of aryl methyl sites for hydroxylation is 1. The van der Waals surface area contributed by atoms with E-state index in [1.54, 1.807) is 18.1 Å². The number of amides is 1. The molecule has 0 N–H and O–H groups in total. The van der Waals surface area contributed by atoms with E-state index in [0.29, 0.717) is 17.1 Å². The fourth-order valence-electron chi connectivity index (χ4n) is 3.22. The first kappa shape index (κ1) is 20.4. The van der Waals surface area contributed by atoms with E-state index >= 15 is 0 Å². The first-order valence-corrected chi connectivity index (χ1v) is 9.88. The Balaban J connectivity index is 1.90. The van der Waals surface area contributed by atoms with Crippen molar-refractivity contribution in [3.8, 4) is 5.69 Å². The number of carbonyl (C=O) groups is 1. The lowest BCUT2D eigenvalue weighted by Crippen LogP contribution is -2.27. The molecule has 0 spiro atoms. The Kier molecular flexibility index (Phi) is 6.11. The van der Waals surface area contributed by atoms with Gasteiger partial charge in [-0.1, -0.05) is 49.2 Å². The fourth-order valence-corrected chi connectivity index (χ4v) is 3.47. The maximum absolute atomic E-state index is 13.2. The fraction of sp³-hybridized carbons (Fsp3) is 0.273. The summed E-state index contributed by atoms with van der Waals surface area (Å²) in [7, 11) is 1.80. The summed E-state index contributed by atoms with van der Waals surface area (Å²) in [5.74, 6) is 0.0693. The lowest BCUT2D eigenvalue weighted by Gasteiger charge is -2.19. The molecule has 0 aliphatic heterocycles. The maximum Gasteiger partial charge on any atom is 0.257 e. The Hall–Kier alpha value is -2.30. The zero-order valence-electron chi connectivity index (χ0n) is 16.4. The minimum atomic E-state index is -0.0588. The lowest BCUT2D eigenvalue weighted by atomic mass is 10.0. The summed E-state index contributed by atoms with van der Waals surface area (Å²) in [5.41, 5.74) is 4.40. The molecule has 0 radical (unpaired) electrons. The van der Waals surface area contributed by atoms with Crippen LogP contribution in [-0.2, 0) is 6.54 Å². The van der Waals surface area contributed by atoms with Crippen molar-refractivity contribution >= 4 is 29.1 Å².